The van der Waals surface area contributed by atoms with E-state index >= 15 is 0 Å². The van der Waals surface area contributed by atoms with Crippen LogP contribution in [0.1, 0.15) is 38.7 Å². The molecule has 1 saturated heterocycles. The van der Waals surface area contributed by atoms with Crippen molar-refractivity contribution >= 4 is 7.91 Å². The molecule has 3 rings (SSSR count). The second-order valence-electron chi connectivity index (χ2n) is 6.83. The molecule has 7 heteroatoms. The highest BCUT2D eigenvalue weighted by Gasteiger charge is 2.17. The van der Waals surface area contributed by atoms with Crippen LogP contribution in [-0.4, -0.2) is 35.9 Å². The van der Waals surface area contributed by atoms with Gasteiger partial charge in [-0.2, -0.15) is 0 Å². The van der Waals surface area contributed by atoms with Gasteiger partial charge in [0.15, 0.2) is 0 Å². The Morgan fingerprint density at radius 3 is 2.29 bits per heavy atom. The number of rotatable bonds is 7. The van der Waals surface area contributed by atoms with Gasteiger partial charge < -0.3 is 4.74 Å². The molecule has 0 spiro atoms. The molecule has 2 aromatic carbocycles. The number of para-hydroxylation sites is 1. The van der Waals surface area contributed by atoms with Crippen molar-refractivity contribution in [3.8, 4) is 5.75 Å². The van der Waals surface area contributed by atoms with Crippen LogP contribution < -0.4 is 4.74 Å². The first-order valence-corrected chi connectivity index (χ1v) is 10.6. The van der Waals surface area contributed by atoms with Gasteiger partial charge in [-0.25, -0.2) is 14.4 Å². The van der Waals surface area contributed by atoms with Crippen molar-refractivity contribution in [3.63, 3.8) is 0 Å². The van der Waals surface area contributed by atoms with E-state index in [0.717, 1.165) is 18.8 Å². The summed E-state index contributed by atoms with van der Waals surface area (Å²) in [5.74, 6) is 1.03. The van der Waals surface area contributed by atoms with Crippen molar-refractivity contribution in [1.82, 2.24) is 4.90 Å². The smallest absolute Gasteiger partial charge is 0.492 e. The van der Waals surface area contributed by atoms with E-state index in [4.69, 9.17) is 19.1 Å². The molecule has 1 radical (unpaired) electrons. The molecule has 1 unspecified atom stereocenters. The van der Waals surface area contributed by atoms with Crippen LogP contribution in [0, 0.1) is 0 Å². The molecule has 1 fully saturated rings. The summed E-state index contributed by atoms with van der Waals surface area (Å²) in [6, 6.07) is 19.5. The van der Waals surface area contributed by atoms with Crippen LogP contribution in [0.15, 0.2) is 54.6 Å². The SMILES string of the molecule is CC(COc1ccccc1Cc1ccccc1)N1CCCCC1.O=P(=O)OO.[H]. The van der Waals surface area contributed by atoms with Crippen molar-refractivity contribution in [1.29, 1.82) is 0 Å². The molecule has 0 aliphatic carbocycles. The van der Waals surface area contributed by atoms with Crippen LogP contribution in [0.4, 0.5) is 0 Å². The minimum Gasteiger partial charge on any atom is -0.492 e. The van der Waals surface area contributed by atoms with Gasteiger partial charge in [0.1, 0.15) is 12.4 Å². The maximum absolute atomic E-state index is 8.93. The van der Waals surface area contributed by atoms with E-state index in [1.807, 2.05) is 0 Å². The highest BCUT2D eigenvalue weighted by atomic mass is 31.1. The van der Waals surface area contributed by atoms with Crippen molar-refractivity contribution < 1.29 is 25.2 Å². The Labute approximate surface area is 168 Å². The number of piperidine rings is 1. The normalized spacial score (nSPS) is 15.2. The van der Waals surface area contributed by atoms with Gasteiger partial charge in [-0.15, -0.1) is 4.67 Å². The quantitative estimate of drug-likeness (QED) is 0.387. The van der Waals surface area contributed by atoms with Crippen LogP contribution in [-0.2, 0) is 20.2 Å². The number of hydrogen-bond acceptors (Lipinski definition) is 6. The molecule has 1 atom stereocenters. The summed E-state index contributed by atoms with van der Waals surface area (Å²) < 4.78 is 26.8. The number of likely N-dealkylation sites (tertiary alicyclic amines) is 1. The van der Waals surface area contributed by atoms with Crippen molar-refractivity contribution in [2.45, 2.75) is 38.6 Å². The van der Waals surface area contributed by atoms with Gasteiger partial charge in [-0.05, 0) is 50.0 Å². The van der Waals surface area contributed by atoms with Crippen molar-refractivity contribution in [2.24, 2.45) is 0 Å². The van der Waals surface area contributed by atoms with E-state index in [0.29, 0.717) is 6.04 Å². The van der Waals surface area contributed by atoms with Crippen LogP contribution >= 0.6 is 7.91 Å². The summed E-state index contributed by atoms with van der Waals surface area (Å²) in [4.78, 5) is 2.56. The number of benzene rings is 2. The number of hydrogen-bond donors (Lipinski definition) is 1. The first-order valence-electron chi connectivity index (χ1n) is 9.54. The third-order valence-corrected chi connectivity index (χ3v) is 4.90. The Kier molecular flexibility index (Phi) is 9.94. The average molecular weight is 406 g/mol. The standard InChI is InChI=1S/C21H27NO.HO4P.H/c1-18(22-14-8-3-9-15-22)17-23-21-13-7-6-12-20(21)16-19-10-4-2-5-11-19;1-4-5(2)3;/h2,4-7,10-13,18H,3,8-9,14-17H2,1H3;1H;. The Bertz CT molecular complexity index is 759. The summed E-state index contributed by atoms with van der Waals surface area (Å²) in [5, 5.41) is 7.05. The minimum absolute atomic E-state index is 0. The van der Waals surface area contributed by atoms with Crippen LogP contribution in [0.25, 0.3) is 0 Å². The summed E-state index contributed by atoms with van der Waals surface area (Å²) in [7, 11) is -3.04. The lowest BCUT2D eigenvalue weighted by molar-refractivity contribution is -0.132. The molecule has 0 bridgehead atoms. The minimum atomic E-state index is -3.04. The summed E-state index contributed by atoms with van der Waals surface area (Å²) in [5.41, 5.74) is 2.59. The van der Waals surface area contributed by atoms with E-state index in [1.54, 1.807) is 0 Å². The molecule has 0 amide bonds. The van der Waals surface area contributed by atoms with Crippen molar-refractivity contribution in [2.75, 3.05) is 19.7 Å². The number of nitrogens with zero attached hydrogens (tertiary/aromatic N) is 1. The second-order valence-corrected chi connectivity index (χ2v) is 7.44. The molecule has 1 heterocycles. The van der Waals surface area contributed by atoms with E-state index in [1.165, 1.54) is 43.5 Å². The molecule has 153 valence electrons. The summed E-state index contributed by atoms with van der Waals surface area (Å²) >= 11 is 0. The molecular formula is C21H29NO5P. The highest BCUT2D eigenvalue weighted by molar-refractivity contribution is 7.24. The molecule has 0 saturated carbocycles. The average Bonchev–Trinajstić information content (AvgIpc) is 2.74. The summed E-state index contributed by atoms with van der Waals surface area (Å²) in [6.07, 6.45) is 4.96. The van der Waals surface area contributed by atoms with Gasteiger partial charge in [-0.3, -0.25) is 4.90 Å². The van der Waals surface area contributed by atoms with Gasteiger partial charge in [0.05, 0.1) is 0 Å². The second kappa shape index (κ2) is 12.5. The predicted octanol–water partition coefficient (Wildman–Crippen LogP) is 5.21. The molecule has 28 heavy (non-hydrogen) atoms. The van der Waals surface area contributed by atoms with Gasteiger partial charge >= 0.3 is 7.91 Å². The first kappa shape index (κ1) is 22.3. The van der Waals surface area contributed by atoms with Crippen LogP contribution in [0.2, 0.25) is 0 Å². The molecule has 0 aromatic heterocycles. The fourth-order valence-electron chi connectivity index (χ4n) is 3.28. The Balaban J connectivity index is 0.000000628. The lowest BCUT2D eigenvalue weighted by Gasteiger charge is -2.32. The maximum atomic E-state index is 8.93. The molecule has 1 N–H and O–H groups in total. The Morgan fingerprint density at radius 2 is 1.64 bits per heavy atom. The zero-order chi connectivity index (χ0) is 20.2. The summed E-state index contributed by atoms with van der Waals surface area (Å²) in [6.45, 7) is 5.49. The highest BCUT2D eigenvalue weighted by Crippen LogP contribution is 2.22. The molecule has 6 nitrogen and oxygen atoms in total. The monoisotopic (exact) mass is 406 g/mol. The topological polar surface area (TPSA) is 76.1 Å². The fourth-order valence-corrected chi connectivity index (χ4v) is 3.28. The predicted molar refractivity (Wildman–Crippen MR) is 109 cm³/mol. The third kappa shape index (κ3) is 7.95. The van der Waals surface area contributed by atoms with Crippen LogP contribution in [0.5, 0.6) is 5.75 Å². The van der Waals surface area contributed by atoms with Crippen LogP contribution in [0.3, 0.4) is 0 Å². The molecule has 1 aliphatic rings. The fraction of sp³-hybridized carbons (Fsp3) is 0.429. The van der Waals surface area contributed by atoms with E-state index in [2.05, 4.69) is 71.1 Å². The zero-order valence-electron chi connectivity index (χ0n) is 17.2. The van der Waals surface area contributed by atoms with E-state index in [9.17, 15) is 0 Å². The zero-order valence-corrected chi connectivity index (χ0v) is 17.1. The van der Waals surface area contributed by atoms with E-state index < -0.39 is 7.91 Å². The number of ether oxygens (including phenoxy) is 1. The maximum Gasteiger partial charge on any atom is 0.496 e. The Morgan fingerprint density at radius 1 is 1.04 bits per heavy atom. The largest absolute Gasteiger partial charge is 0.496 e. The Hall–Kier alpha value is -1.98. The molecular weight excluding hydrogens is 377 g/mol. The van der Waals surface area contributed by atoms with E-state index in [-0.39, 0.29) is 1.43 Å². The van der Waals surface area contributed by atoms with Gasteiger partial charge in [0.2, 0.25) is 0 Å². The third-order valence-electron chi connectivity index (χ3n) is 4.77. The molecule has 2 aromatic rings. The molecule has 1 aliphatic heterocycles. The van der Waals surface area contributed by atoms with Crippen molar-refractivity contribution in [3.05, 3.63) is 65.7 Å². The lowest BCUT2D eigenvalue weighted by Crippen LogP contribution is -2.40. The van der Waals surface area contributed by atoms with Gasteiger partial charge in [0.25, 0.3) is 0 Å². The van der Waals surface area contributed by atoms with Gasteiger partial charge in [-0.1, -0.05) is 55.0 Å². The lowest BCUT2D eigenvalue weighted by atomic mass is 10.0. The van der Waals surface area contributed by atoms with Gasteiger partial charge in [0, 0.05) is 13.9 Å². The first-order chi connectivity index (χ1) is 13.6.